The van der Waals surface area contributed by atoms with Gasteiger partial charge in [-0.3, -0.25) is 0 Å². The van der Waals surface area contributed by atoms with E-state index in [0.29, 0.717) is 5.92 Å². The Hall–Kier alpha value is -1.85. The molecule has 3 nitrogen and oxygen atoms in total. The molecule has 0 aliphatic heterocycles. The molecule has 0 spiro atoms. The summed E-state index contributed by atoms with van der Waals surface area (Å²) in [7, 11) is 0. The average molecular weight is 356 g/mol. The number of nitrogens with one attached hydrogen (secondary N) is 1. The first kappa shape index (κ1) is 17.0. The summed E-state index contributed by atoms with van der Waals surface area (Å²) in [6.45, 7) is 6.52. The van der Waals surface area contributed by atoms with Gasteiger partial charge in [-0.25, -0.2) is 0 Å². The number of rotatable bonds is 6. The molecule has 124 valence electrons. The van der Waals surface area contributed by atoms with Gasteiger partial charge in [0.25, 0.3) is 0 Å². The average Bonchev–Trinajstić information content (AvgIpc) is 3.01. The van der Waals surface area contributed by atoms with Crippen LogP contribution in [0.2, 0.25) is 0 Å². The van der Waals surface area contributed by atoms with Crippen LogP contribution in [0.3, 0.4) is 0 Å². The highest BCUT2D eigenvalue weighted by Crippen LogP contribution is 2.30. The van der Waals surface area contributed by atoms with Crippen LogP contribution in [0.15, 0.2) is 52.9 Å². The van der Waals surface area contributed by atoms with Gasteiger partial charge in [0.2, 0.25) is 5.13 Å². The highest BCUT2D eigenvalue weighted by atomic mass is 32.2. The molecule has 0 bridgehead atoms. The molecule has 24 heavy (non-hydrogen) atoms. The Morgan fingerprint density at radius 1 is 1.08 bits per heavy atom. The molecule has 0 aliphatic rings. The largest absolute Gasteiger partial charge is 0.330 e. The van der Waals surface area contributed by atoms with Gasteiger partial charge < -0.3 is 5.32 Å². The van der Waals surface area contributed by atoms with Gasteiger partial charge >= 0.3 is 0 Å². The lowest BCUT2D eigenvalue weighted by Crippen LogP contribution is -1.91. The second kappa shape index (κ2) is 7.81. The molecular formula is C19H21N3S2. The third-order valence-electron chi connectivity index (χ3n) is 3.68. The van der Waals surface area contributed by atoms with E-state index in [1.165, 1.54) is 16.7 Å². The van der Waals surface area contributed by atoms with Crippen molar-refractivity contribution in [1.82, 2.24) is 10.2 Å². The van der Waals surface area contributed by atoms with Crippen molar-refractivity contribution < 1.29 is 0 Å². The Bertz CT molecular complexity index is 794. The molecule has 0 atom stereocenters. The van der Waals surface area contributed by atoms with E-state index in [4.69, 9.17) is 0 Å². The summed E-state index contributed by atoms with van der Waals surface area (Å²) in [6.07, 6.45) is 0. The van der Waals surface area contributed by atoms with Crippen molar-refractivity contribution in [2.24, 2.45) is 0 Å². The van der Waals surface area contributed by atoms with Crippen LogP contribution in [0, 0.1) is 6.92 Å². The van der Waals surface area contributed by atoms with Crippen molar-refractivity contribution in [3.63, 3.8) is 0 Å². The standard InChI is InChI=1S/C19H21N3S2/c1-13(2)16-7-9-17(10-8-16)20-18-21-22-19(24-18)23-12-15-6-4-5-14(3)11-15/h4-11,13H,12H2,1-3H3,(H,20,21). The molecule has 0 amide bonds. The summed E-state index contributed by atoms with van der Waals surface area (Å²) in [5.41, 5.74) is 4.99. The summed E-state index contributed by atoms with van der Waals surface area (Å²) >= 11 is 3.32. The monoisotopic (exact) mass is 355 g/mol. The molecule has 0 unspecified atom stereocenters. The SMILES string of the molecule is Cc1cccc(CSc2nnc(Nc3ccc(C(C)C)cc3)s2)c1. The number of anilines is 2. The third-order valence-corrected chi connectivity index (χ3v) is 5.72. The summed E-state index contributed by atoms with van der Waals surface area (Å²) in [6, 6.07) is 17.1. The minimum absolute atomic E-state index is 0.546. The highest BCUT2D eigenvalue weighted by Gasteiger charge is 2.06. The summed E-state index contributed by atoms with van der Waals surface area (Å²) < 4.78 is 0.984. The van der Waals surface area contributed by atoms with Gasteiger partial charge in [-0.15, -0.1) is 10.2 Å². The number of aryl methyl sites for hydroxylation is 1. The first-order valence-electron chi connectivity index (χ1n) is 7.99. The van der Waals surface area contributed by atoms with Gasteiger partial charge in [0.05, 0.1) is 0 Å². The van der Waals surface area contributed by atoms with E-state index < -0.39 is 0 Å². The first-order chi connectivity index (χ1) is 11.6. The predicted octanol–water partition coefficient (Wildman–Crippen LogP) is 6.01. The number of thioether (sulfide) groups is 1. The van der Waals surface area contributed by atoms with Crippen molar-refractivity contribution in [1.29, 1.82) is 0 Å². The number of aromatic nitrogens is 2. The van der Waals surface area contributed by atoms with Crippen LogP contribution in [0.25, 0.3) is 0 Å². The lowest BCUT2D eigenvalue weighted by Gasteiger charge is -2.06. The quantitative estimate of drug-likeness (QED) is 0.550. The molecular weight excluding hydrogens is 334 g/mol. The fourth-order valence-electron chi connectivity index (χ4n) is 2.34. The zero-order chi connectivity index (χ0) is 16.9. The molecule has 1 aromatic heterocycles. The maximum atomic E-state index is 4.26. The van der Waals surface area contributed by atoms with Gasteiger partial charge in [-0.05, 0) is 36.1 Å². The fraction of sp³-hybridized carbons (Fsp3) is 0.263. The summed E-state index contributed by atoms with van der Waals surface area (Å²) in [5, 5.41) is 12.7. The minimum atomic E-state index is 0.546. The van der Waals surface area contributed by atoms with E-state index in [0.717, 1.165) is 20.9 Å². The molecule has 5 heteroatoms. The number of hydrogen-bond donors (Lipinski definition) is 1. The Morgan fingerprint density at radius 2 is 1.88 bits per heavy atom. The van der Waals surface area contributed by atoms with Gasteiger partial charge in [0, 0.05) is 11.4 Å². The molecule has 0 fully saturated rings. The van der Waals surface area contributed by atoms with Crippen LogP contribution in [-0.4, -0.2) is 10.2 Å². The van der Waals surface area contributed by atoms with Crippen LogP contribution in [-0.2, 0) is 5.75 Å². The van der Waals surface area contributed by atoms with Crippen LogP contribution < -0.4 is 5.32 Å². The Labute approximate surface area is 151 Å². The molecule has 3 aromatic rings. The van der Waals surface area contributed by atoms with Crippen LogP contribution >= 0.6 is 23.1 Å². The van der Waals surface area contributed by atoms with E-state index in [1.807, 2.05) is 0 Å². The van der Waals surface area contributed by atoms with Crippen LogP contribution in [0.5, 0.6) is 0 Å². The molecule has 0 saturated heterocycles. The Morgan fingerprint density at radius 3 is 2.58 bits per heavy atom. The van der Waals surface area contributed by atoms with Crippen molar-refractivity contribution >= 4 is 33.9 Å². The highest BCUT2D eigenvalue weighted by molar-refractivity contribution is 8.00. The van der Waals surface area contributed by atoms with Gasteiger partial charge in [0.15, 0.2) is 4.34 Å². The number of benzene rings is 2. The van der Waals surface area contributed by atoms with E-state index in [1.54, 1.807) is 23.1 Å². The van der Waals surface area contributed by atoms with Gasteiger partial charge in [-0.2, -0.15) is 0 Å². The second-order valence-electron chi connectivity index (χ2n) is 6.05. The zero-order valence-corrected chi connectivity index (χ0v) is 15.7. The van der Waals surface area contributed by atoms with Crippen molar-refractivity contribution in [2.45, 2.75) is 36.8 Å². The zero-order valence-electron chi connectivity index (χ0n) is 14.1. The molecule has 0 aliphatic carbocycles. The molecule has 2 aromatic carbocycles. The smallest absolute Gasteiger partial charge is 0.210 e. The van der Waals surface area contributed by atoms with E-state index in [2.05, 4.69) is 84.8 Å². The Kier molecular flexibility index (Phi) is 5.53. The van der Waals surface area contributed by atoms with Crippen LogP contribution in [0.4, 0.5) is 10.8 Å². The third kappa shape index (κ3) is 4.58. The maximum Gasteiger partial charge on any atom is 0.210 e. The lowest BCUT2D eigenvalue weighted by atomic mass is 10.0. The van der Waals surface area contributed by atoms with Crippen molar-refractivity contribution in [2.75, 3.05) is 5.32 Å². The van der Waals surface area contributed by atoms with E-state index in [-0.39, 0.29) is 0 Å². The number of nitrogens with zero attached hydrogens (tertiary/aromatic N) is 2. The maximum absolute atomic E-state index is 4.26. The molecule has 1 N–H and O–H groups in total. The van der Waals surface area contributed by atoms with Gasteiger partial charge in [-0.1, -0.05) is 78.9 Å². The second-order valence-corrected chi connectivity index (χ2v) is 8.25. The van der Waals surface area contributed by atoms with Crippen LogP contribution in [0.1, 0.15) is 36.5 Å². The van der Waals surface area contributed by atoms with E-state index >= 15 is 0 Å². The number of hydrogen-bond acceptors (Lipinski definition) is 5. The lowest BCUT2D eigenvalue weighted by molar-refractivity contribution is 0.867. The predicted molar refractivity (Wildman–Crippen MR) is 104 cm³/mol. The first-order valence-corrected chi connectivity index (χ1v) is 9.79. The molecule has 3 rings (SSSR count). The normalized spacial score (nSPS) is 11.0. The topological polar surface area (TPSA) is 37.8 Å². The Balaban J connectivity index is 1.59. The fourth-order valence-corrected chi connectivity index (χ4v) is 4.06. The summed E-state index contributed by atoms with van der Waals surface area (Å²) in [5.74, 6) is 1.46. The minimum Gasteiger partial charge on any atom is -0.330 e. The summed E-state index contributed by atoms with van der Waals surface area (Å²) in [4.78, 5) is 0. The molecule has 0 saturated carbocycles. The van der Waals surface area contributed by atoms with Crippen molar-refractivity contribution in [3.05, 3.63) is 65.2 Å². The van der Waals surface area contributed by atoms with Gasteiger partial charge in [0.1, 0.15) is 0 Å². The van der Waals surface area contributed by atoms with Crippen molar-refractivity contribution in [3.8, 4) is 0 Å². The molecule has 0 radical (unpaired) electrons. The molecule has 1 heterocycles. The van der Waals surface area contributed by atoms with E-state index in [9.17, 15) is 0 Å².